The standard InChI is InChI=1S/C15H15NO2P2/c1-9(17)10-3-2-4-11(7-10)16-15(18)13-6-5-12(19)8-14(13)20/h2-8H,19-20H2,1H3,(H,16,18). The molecule has 2 aromatic carbocycles. The quantitative estimate of drug-likeness (QED) is 0.697. The lowest BCUT2D eigenvalue weighted by Crippen LogP contribution is -2.19. The number of carbonyl (C=O) groups is 2. The van der Waals surface area contributed by atoms with Crippen molar-refractivity contribution in [2.75, 3.05) is 5.32 Å². The number of hydrogen-bond acceptors (Lipinski definition) is 2. The Morgan fingerprint density at radius 2 is 1.80 bits per heavy atom. The number of amides is 1. The molecule has 1 amide bonds. The van der Waals surface area contributed by atoms with Gasteiger partial charge in [0, 0.05) is 16.8 Å². The molecular formula is C15H15NO2P2. The zero-order chi connectivity index (χ0) is 14.7. The molecule has 2 unspecified atom stereocenters. The number of rotatable bonds is 3. The first kappa shape index (κ1) is 14.8. The average Bonchev–Trinajstić information content (AvgIpc) is 2.38. The summed E-state index contributed by atoms with van der Waals surface area (Å²) in [7, 11) is 5.14. The molecule has 0 saturated carbocycles. The molecule has 1 N–H and O–H groups in total. The Labute approximate surface area is 122 Å². The Balaban J connectivity index is 2.23. The summed E-state index contributed by atoms with van der Waals surface area (Å²) >= 11 is 0. The molecule has 3 nitrogen and oxygen atoms in total. The fourth-order valence-electron chi connectivity index (χ4n) is 1.80. The van der Waals surface area contributed by atoms with Gasteiger partial charge in [0.25, 0.3) is 5.91 Å². The van der Waals surface area contributed by atoms with Gasteiger partial charge in [-0.25, -0.2) is 0 Å². The van der Waals surface area contributed by atoms with Crippen molar-refractivity contribution in [1.29, 1.82) is 0 Å². The van der Waals surface area contributed by atoms with Gasteiger partial charge in [0.2, 0.25) is 0 Å². The number of ketones is 1. The topological polar surface area (TPSA) is 46.2 Å². The van der Waals surface area contributed by atoms with E-state index in [4.69, 9.17) is 0 Å². The molecule has 2 aromatic rings. The average molecular weight is 303 g/mol. The summed E-state index contributed by atoms with van der Waals surface area (Å²) in [5.41, 5.74) is 1.78. The molecule has 0 aliphatic rings. The highest BCUT2D eigenvalue weighted by atomic mass is 31.0. The number of benzene rings is 2. The largest absolute Gasteiger partial charge is 0.322 e. The normalized spacial score (nSPS) is 10.2. The summed E-state index contributed by atoms with van der Waals surface area (Å²) < 4.78 is 0. The maximum Gasteiger partial charge on any atom is 0.256 e. The van der Waals surface area contributed by atoms with E-state index in [0.717, 1.165) is 10.6 Å². The Morgan fingerprint density at radius 1 is 1.05 bits per heavy atom. The van der Waals surface area contributed by atoms with E-state index in [-0.39, 0.29) is 11.7 Å². The Morgan fingerprint density at radius 3 is 2.45 bits per heavy atom. The first-order chi connectivity index (χ1) is 9.47. The summed E-state index contributed by atoms with van der Waals surface area (Å²) in [6.45, 7) is 1.50. The van der Waals surface area contributed by atoms with Gasteiger partial charge in [0.15, 0.2) is 5.78 Å². The third-order valence-electron chi connectivity index (χ3n) is 2.85. The molecule has 0 heterocycles. The molecule has 0 aliphatic carbocycles. The van der Waals surface area contributed by atoms with Gasteiger partial charge >= 0.3 is 0 Å². The first-order valence-electron chi connectivity index (χ1n) is 6.04. The van der Waals surface area contributed by atoms with Crippen molar-refractivity contribution in [2.45, 2.75) is 6.92 Å². The van der Waals surface area contributed by atoms with Crippen LogP contribution in [-0.4, -0.2) is 11.7 Å². The van der Waals surface area contributed by atoms with E-state index < -0.39 is 0 Å². The second kappa shape index (κ2) is 6.26. The van der Waals surface area contributed by atoms with E-state index >= 15 is 0 Å². The summed E-state index contributed by atoms with van der Waals surface area (Å²) in [6.07, 6.45) is 0. The van der Waals surface area contributed by atoms with Crippen LogP contribution in [0.2, 0.25) is 0 Å². The van der Waals surface area contributed by atoms with Crippen LogP contribution in [0.3, 0.4) is 0 Å². The van der Waals surface area contributed by atoms with Gasteiger partial charge in [-0.15, -0.1) is 18.5 Å². The molecule has 2 rings (SSSR count). The summed E-state index contributed by atoms with van der Waals surface area (Å²) in [5, 5.41) is 4.65. The van der Waals surface area contributed by atoms with Crippen LogP contribution < -0.4 is 15.9 Å². The second-order valence-electron chi connectivity index (χ2n) is 4.44. The van der Waals surface area contributed by atoms with Crippen LogP contribution in [0.25, 0.3) is 0 Å². The van der Waals surface area contributed by atoms with Crippen LogP contribution in [0.15, 0.2) is 42.5 Å². The minimum Gasteiger partial charge on any atom is -0.322 e. The van der Waals surface area contributed by atoms with Crippen molar-refractivity contribution in [2.24, 2.45) is 0 Å². The molecule has 0 radical (unpaired) electrons. The van der Waals surface area contributed by atoms with E-state index in [9.17, 15) is 9.59 Å². The van der Waals surface area contributed by atoms with Crippen molar-refractivity contribution in [3.8, 4) is 0 Å². The van der Waals surface area contributed by atoms with Gasteiger partial charge < -0.3 is 5.32 Å². The number of Topliss-reactive ketones (excluding diaryl/α,β-unsaturated/α-hetero) is 1. The van der Waals surface area contributed by atoms with Gasteiger partial charge in [-0.1, -0.05) is 18.2 Å². The third-order valence-corrected chi connectivity index (χ3v) is 3.68. The van der Waals surface area contributed by atoms with Crippen molar-refractivity contribution in [3.63, 3.8) is 0 Å². The molecule has 20 heavy (non-hydrogen) atoms. The SMILES string of the molecule is CC(=O)c1cccc(NC(=O)c2ccc(P)cc2P)c1. The predicted octanol–water partition coefficient (Wildman–Crippen LogP) is 2.14. The predicted molar refractivity (Wildman–Crippen MR) is 89.5 cm³/mol. The van der Waals surface area contributed by atoms with Crippen molar-refractivity contribution < 1.29 is 9.59 Å². The smallest absolute Gasteiger partial charge is 0.256 e. The van der Waals surface area contributed by atoms with E-state index in [1.807, 2.05) is 12.1 Å². The highest BCUT2D eigenvalue weighted by Crippen LogP contribution is 2.13. The van der Waals surface area contributed by atoms with Gasteiger partial charge in [-0.3, -0.25) is 9.59 Å². The summed E-state index contributed by atoms with van der Waals surface area (Å²) in [4.78, 5) is 23.5. The van der Waals surface area contributed by atoms with Gasteiger partial charge in [0.1, 0.15) is 0 Å². The van der Waals surface area contributed by atoms with E-state index in [2.05, 4.69) is 23.8 Å². The zero-order valence-electron chi connectivity index (χ0n) is 11.0. The molecule has 5 heteroatoms. The summed E-state index contributed by atoms with van der Waals surface area (Å²) in [6, 6.07) is 12.4. The zero-order valence-corrected chi connectivity index (χ0v) is 13.3. The van der Waals surface area contributed by atoms with Crippen molar-refractivity contribution >= 4 is 46.5 Å². The Hall–Kier alpha value is -1.56. The molecule has 2 atom stereocenters. The number of nitrogens with one attached hydrogen (secondary N) is 1. The van der Waals surface area contributed by atoms with Crippen LogP contribution in [0.1, 0.15) is 27.6 Å². The minimum atomic E-state index is -0.194. The van der Waals surface area contributed by atoms with Crippen molar-refractivity contribution in [1.82, 2.24) is 0 Å². The number of anilines is 1. The van der Waals surface area contributed by atoms with Crippen LogP contribution >= 0.6 is 18.5 Å². The Kier molecular flexibility index (Phi) is 4.65. The van der Waals surface area contributed by atoms with Crippen molar-refractivity contribution in [3.05, 3.63) is 53.6 Å². The monoisotopic (exact) mass is 303 g/mol. The lowest BCUT2D eigenvalue weighted by molar-refractivity contribution is 0.101. The van der Waals surface area contributed by atoms with Gasteiger partial charge in [0.05, 0.1) is 0 Å². The number of carbonyl (C=O) groups excluding carboxylic acids is 2. The molecule has 0 spiro atoms. The first-order valence-corrected chi connectivity index (χ1v) is 7.20. The molecular weight excluding hydrogens is 288 g/mol. The maximum atomic E-state index is 12.2. The molecule has 0 bridgehead atoms. The second-order valence-corrected chi connectivity index (χ2v) is 5.73. The number of hydrogen-bond donors (Lipinski definition) is 1. The molecule has 0 aliphatic heterocycles. The van der Waals surface area contributed by atoms with E-state index in [1.165, 1.54) is 6.92 Å². The lowest BCUT2D eigenvalue weighted by Gasteiger charge is -2.09. The van der Waals surface area contributed by atoms with Gasteiger partial charge in [-0.05, 0) is 41.8 Å². The van der Waals surface area contributed by atoms with Crippen LogP contribution in [-0.2, 0) is 0 Å². The minimum absolute atomic E-state index is 0.0276. The molecule has 0 saturated heterocycles. The molecule has 102 valence electrons. The summed E-state index contributed by atoms with van der Waals surface area (Å²) in [5.74, 6) is -0.221. The molecule has 0 aromatic heterocycles. The van der Waals surface area contributed by atoms with E-state index in [0.29, 0.717) is 16.8 Å². The fraction of sp³-hybridized carbons (Fsp3) is 0.0667. The highest BCUT2D eigenvalue weighted by molar-refractivity contribution is 7.29. The highest BCUT2D eigenvalue weighted by Gasteiger charge is 2.10. The fourth-order valence-corrected chi connectivity index (χ4v) is 2.69. The Bertz CT molecular complexity index is 683. The maximum absolute atomic E-state index is 12.2. The lowest BCUT2D eigenvalue weighted by atomic mass is 10.1. The van der Waals surface area contributed by atoms with Crippen LogP contribution in [0, 0.1) is 0 Å². The molecule has 0 fully saturated rings. The van der Waals surface area contributed by atoms with Crippen LogP contribution in [0.4, 0.5) is 5.69 Å². The van der Waals surface area contributed by atoms with Crippen LogP contribution in [0.5, 0.6) is 0 Å². The van der Waals surface area contributed by atoms with Gasteiger partial charge in [-0.2, -0.15) is 0 Å². The third kappa shape index (κ3) is 3.50. The van der Waals surface area contributed by atoms with E-state index in [1.54, 1.807) is 30.3 Å².